The van der Waals surface area contributed by atoms with Crippen LogP contribution in [-0.2, 0) is 4.74 Å². The van der Waals surface area contributed by atoms with Gasteiger partial charge in [-0.15, -0.1) is 12.6 Å². The number of rotatable bonds is 3. The van der Waals surface area contributed by atoms with E-state index in [4.69, 9.17) is 4.74 Å². The highest BCUT2D eigenvalue weighted by Crippen LogP contribution is 2.22. The van der Waals surface area contributed by atoms with E-state index >= 15 is 0 Å². The second-order valence-electron chi connectivity index (χ2n) is 4.93. The number of hydrogen-bond acceptors (Lipinski definition) is 5. The van der Waals surface area contributed by atoms with Crippen molar-refractivity contribution in [3.05, 3.63) is 35.4 Å². The molecule has 2 aliphatic heterocycles. The van der Waals surface area contributed by atoms with E-state index in [9.17, 15) is 9.59 Å². The lowest BCUT2D eigenvalue weighted by molar-refractivity contribution is 0.0161. The van der Waals surface area contributed by atoms with Crippen molar-refractivity contribution in [1.29, 1.82) is 0 Å². The van der Waals surface area contributed by atoms with Gasteiger partial charge >= 0.3 is 0 Å². The van der Waals surface area contributed by atoms with E-state index in [1.54, 1.807) is 24.3 Å². The number of benzene rings is 1. The van der Waals surface area contributed by atoms with E-state index in [0.717, 1.165) is 6.54 Å². The number of amides is 2. The lowest BCUT2D eigenvalue weighted by atomic mass is 10.1. The zero-order valence-electron chi connectivity index (χ0n) is 11.0. The highest BCUT2D eigenvalue weighted by atomic mass is 32.1. The quantitative estimate of drug-likeness (QED) is 0.663. The summed E-state index contributed by atoms with van der Waals surface area (Å²) in [5.74, 6) is -0.387. The van der Waals surface area contributed by atoms with Crippen LogP contribution in [0.25, 0.3) is 0 Å². The van der Waals surface area contributed by atoms with Crippen molar-refractivity contribution in [2.75, 3.05) is 32.8 Å². The normalized spacial score (nSPS) is 23.2. The molecule has 3 rings (SSSR count). The maximum atomic E-state index is 12.2. The van der Waals surface area contributed by atoms with Crippen molar-refractivity contribution < 1.29 is 14.3 Å². The SMILES string of the molecule is O=C1c2ccccc2C(=O)N1CCN1CCOC(S)C1. The molecule has 1 aromatic rings. The van der Waals surface area contributed by atoms with Crippen LogP contribution in [0.2, 0.25) is 0 Å². The Kier molecular flexibility index (Phi) is 3.78. The van der Waals surface area contributed by atoms with Crippen molar-refractivity contribution in [2.45, 2.75) is 5.44 Å². The molecule has 2 heterocycles. The summed E-state index contributed by atoms with van der Waals surface area (Å²) in [6.07, 6.45) is 0. The third-order valence-corrected chi connectivity index (χ3v) is 3.96. The van der Waals surface area contributed by atoms with Crippen molar-refractivity contribution in [1.82, 2.24) is 9.80 Å². The minimum absolute atomic E-state index is 0.0917. The maximum Gasteiger partial charge on any atom is 0.261 e. The molecule has 2 aliphatic rings. The molecule has 6 heteroatoms. The van der Waals surface area contributed by atoms with Gasteiger partial charge in [-0.3, -0.25) is 19.4 Å². The number of fused-ring (bicyclic) bond motifs is 1. The van der Waals surface area contributed by atoms with Crippen LogP contribution in [0, 0.1) is 0 Å². The molecule has 2 amide bonds. The minimum Gasteiger partial charge on any atom is -0.365 e. The summed E-state index contributed by atoms with van der Waals surface area (Å²) in [6.45, 7) is 3.22. The first-order valence-electron chi connectivity index (χ1n) is 6.64. The van der Waals surface area contributed by atoms with Gasteiger partial charge in [-0.25, -0.2) is 0 Å². The van der Waals surface area contributed by atoms with Gasteiger partial charge in [-0.05, 0) is 12.1 Å². The summed E-state index contributed by atoms with van der Waals surface area (Å²) >= 11 is 4.29. The fourth-order valence-corrected chi connectivity index (χ4v) is 2.91. The summed E-state index contributed by atoms with van der Waals surface area (Å²) in [7, 11) is 0. The Balaban J connectivity index is 1.65. The van der Waals surface area contributed by atoms with E-state index in [2.05, 4.69) is 17.5 Å². The van der Waals surface area contributed by atoms with Crippen LogP contribution in [0.4, 0.5) is 0 Å². The molecule has 0 bridgehead atoms. The minimum atomic E-state index is -0.193. The smallest absolute Gasteiger partial charge is 0.261 e. The summed E-state index contributed by atoms with van der Waals surface area (Å²) in [4.78, 5) is 27.9. The molecule has 1 fully saturated rings. The van der Waals surface area contributed by atoms with Gasteiger partial charge < -0.3 is 4.74 Å². The molecule has 1 atom stereocenters. The monoisotopic (exact) mass is 292 g/mol. The molecule has 106 valence electrons. The molecular weight excluding hydrogens is 276 g/mol. The highest BCUT2D eigenvalue weighted by Gasteiger charge is 2.35. The molecule has 0 aromatic heterocycles. The van der Waals surface area contributed by atoms with Crippen molar-refractivity contribution in [3.63, 3.8) is 0 Å². The standard InChI is InChI=1S/C14H16N2O3S/c17-13-10-3-1-2-4-11(10)14(18)16(13)6-5-15-7-8-19-12(20)9-15/h1-4,12,20H,5-9H2. The van der Waals surface area contributed by atoms with Gasteiger partial charge in [0.15, 0.2) is 0 Å². The molecular formula is C14H16N2O3S. The highest BCUT2D eigenvalue weighted by molar-refractivity contribution is 7.80. The predicted octanol–water partition coefficient (Wildman–Crippen LogP) is 0.871. The first-order valence-corrected chi connectivity index (χ1v) is 7.15. The molecule has 1 saturated heterocycles. The van der Waals surface area contributed by atoms with E-state index in [1.165, 1.54) is 4.90 Å². The fourth-order valence-electron chi connectivity index (χ4n) is 2.57. The van der Waals surface area contributed by atoms with Gasteiger partial charge in [0, 0.05) is 26.2 Å². The second-order valence-corrected chi connectivity index (χ2v) is 5.51. The van der Waals surface area contributed by atoms with Crippen LogP contribution in [-0.4, -0.2) is 59.8 Å². The van der Waals surface area contributed by atoms with Gasteiger partial charge in [0.25, 0.3) is 11.8 Å². The van der Waals surface area contributed by atoms with Crippen LogP contribution in [0.15, 0.2) is 24.3 Å². The Labute approximate surface area is 122 Å². The molecule has 20 heavy (non-hydrogen) atoms. The first kappa shape index (κ1) is 13.6. The molecule has 1 aromatic carbocycles. The Morgan fingerprint density at radius 1 is 1.15 bits per heavy atom. The first-order chi connectivity index (χ1) is 9.66. The number of carbonyl (C=O) groups excluding carboxylic acids is 2. The van der Waals surface area contributed by atoms with Crippen LogP contribution in [0.3, 0.4) is 0 Å². The van der Waals surface area contributed by atoms with Gasteiger partial charge in [0.05, 0.1) is 17.7 Å². The number of hydrogen-bond donors (Lipinski definition) is 1. The van der Waals surface area contributed by atoms with Crippen molar-refractivity contribution in [3.8, 4) is 0 Å². The van der Waals surface area contributed by atoms with E-state index in [1.807, 2.05) is 0 Å². The number of ether oxygens (including phenoxy) is 1. The zero-order valence-corrected chi connectivity index (χ0v) is 11.9. The Hall–Kier alpha value is -1.37. The molecule has 0 N–H and O–H groups in total. The lowest BCUT2D eigenvalue weighted by Crippen LogP contribution is -2.45. The maximum absolute atomic E-state index is 12.2. The Morgan fingerprint density at radius 3 is 2.40 bits per heavy atom. The lowest BCUT2D eigenvalue weighted by Gasteiger charge is -2.31. The Bertz CT molecular complexity index is 514. The molecule has 0 saturated carbocycles. The number of nitrogens with zero attached hydrogens (tertiary/aromatic N) is 2. The van der Waals surface area contributed by atoms with Crippen LogP contribution in [0.1, 0.15) is 20.7 Å². The summed E-state index contributed by atoms with van der Waals surface area (Å²) in [6, 6.07) is 6.96. The van der Waals surface area contributed by atoms with E-state index < -0.39 is 0 Å². The van der Waals surface area contributed by atoms with E-state index in [-0.39, 0.29) is 17.3 Å². The van der Waals surface area contributed by atoms with Crippen molar-refractivity contribution in [2.24, 2.45) is 0 Å². The van der Waals surface area contributed by atoms with Gasteiger partial charge in [-0.2, -0.15) is 0 Å². The molecule has 5 nitrogen and oxygen atoms in total. The molecule has 1 unspecified atom stereocenters. The third kappa shape index (κ3) is 2.46. The Morgan fingerprint density at radius 2 is 1.80 bits per heavy atom. The fraction of sp³-hybridized carbons (Fsp3) is 0.429. The average Bonchev–Trinajstić information content (AvgIpc) is 2.70. The topological polar surface area (TPSA) is 49.9 Å². The van der Waals surface area contributed by atoms with Crippen LogP contribution >= 0.6 is 12.6 Å². The largest absolute Gasteiger partial charge is 0.365 e. The molecule has 0 radical (unpaired) electrons. The molecule has 0 aliphatic carbocycles. The summed E-state index contributed by atoms with van der Waals surface area (Å²) in [5.41, 5.74) is 0.920. The van der Waals surface area contributed by atoms with Crippen molar-refractivity contribution >= 4 is 24.4 Å². The molecule has 0 spiro atoms. The van der Waals surface area contributed by atoms with Gasteiger partial charge in [0.2, 0.25) is 0 Å². The zero-order chi connectivity index (χ0) is 14.1. The third-order valence-electron chi connectivity index (χ3n) is 3.65. The van der Waals surface area contributed by atoms with Crippen LogP contribution in [0.5, 0.6) is 0 Å². The summed E-state index contributed by atoms with van der Waals surface area (Å²) in [5, 5.41) is 0. The average molecular weight is 292 g/mol. The number of imide groups is 1. The predicted molar refractivity (Wildman–Crippen MR) is 77.0 cm³/mol. The second kappa shape index (κ2) is 5.55. The van der Waals surface area contributed by atoms with Gasteiger partial charge in [0.1, 0.15) is 5.44 Å². The number of thiol groups is 1. The van der Waals surface area contributed by atoms with E-state index in [0.29, 0.717) is 37.4 Å². The summed E-state index contributed by atoms with van der Waals surface area (Å²) < 4.78 is 5.35. The number of morpholine rings is 1. The van der Waals surface area contributed by atoms with Gasteiger partial charge in [-0.1, -0.05) is 12.1 Å². The van der Waals surface area contributed by atoms with Crippen LogP contribution < -0.4 is 0 Å². The number of carbonyl (C=O) groups is 2.